The summed E-state index contributed by atoms with van der Waals surface area (Å²) < 4.78 is 11.6. The fraction of sp³-hybridized carbons (Fsp3) is 0.197. The van der Waals surface area contributed by atoms with E-state index in [1.54, 1.807) is 0 Å². The van der Waals surface area contributed by atoms with Crippen LogP contribution in [-0.4, -0.2) is 20.8 Å². The molecule has 6 heteroatoms. The minimum absolute atomic E-state index is 0.0183. The fourth-order valence-electron chi connectivity index (χ4n) is 10.8. The molecule has 1 aliphatic heterocycles. The van der Waals surface area contributed by atoms with Crippen molar-refractivity contribution in [1.29, 1.82) is 0 Å². The molecule has 4 heterocycles. The van der Waals surface area contributed by atoms with E-state index in [4.69, 9.17) is 9.72 Å². The van der Waals surface area contributed by atoms with E-state index >= 15 is 0 Å². The molecule has 6 nitrogen and oxygen atoms in total. The highest BCUT2D eigenvalue weighted by Gasteiger charge is 2.33. The average molecular weight is 940 g/mol. The Balaban J connectivity index is 0.977. The highest BCUT2D eigenvalue weighted by molar-refractivity contribution is 6.10. The third-order valence-corrected chi connectivity index (χ3v) is 14.7. The summed E-state index contributed by atoms with van der Waals surface area (Å²) >= 11 is 0. The number of pyridine rings is 1. The van der Waals surface area contributed by atoms with Gasteiger partial charge in [-0.1, -0.05) is 153 Å². The lowest BCUT2D eigenvalue weighted by atomic mass is 9.80. The minimum Gasteiger partial charge on any atom is -0.457 e. The van der Waals surface area contributed by atoms with Gasteiger partial charge >= 0.3 is 0 Å². The molecule has 8 aromatic carbocycles. The zero-order chi connectivity index (χ0) is 49.7. The van der Waals surface area contributed by atoms with Gasteiger partial charge in [-0.3, -0.25) is 4.57 Å². The second-order valence-corrected chi connectivity index (χ2v) is 22.6. The van der Waals surface area contributed by atoms with E-state index in [1.165, 1.54) is 60.8 Å². The van der Waals surface area contributed by atoms with Gasteiger partial charge in [-0.15, -0.1) is 0 Å². The van der Waals surface area contributed by atoms with E-state index < -0.39 is 0 Å². The molecule has 72 heavy (non-hydrogen) atoms. The minimum atomic E-state index is -0.0512. The van der Waals surface area contributed by atoms with Crippen LogP contribution >= 0.6 is 0 Å². The first-order valence-electron chi connectivity index (χ1n) is 25.3. The first-order valence-corrected chi connectivity index (χ1v) is 25.3. The second kappa shape index (κ2) is 16.8. The Morgan fingerprint density at radius 1 is 0.403 bits per heavy atom. The molecule has 0 atom stereocenters. The van der Waals surface area contributed by atoms with Crippen molar-refractivity contribution in [3.05, 3.63) is 211 Å². The lowest BCUT2D eigenvalue weighted by Crippen LogP contribution is -2.25. The molecule has 0 fully saturated rings. The maximum absolute atomic E-state index is 6.88. The van der Waals surface area contributed by atoms with Crippen LogP contribution in [0.15, 0.2) is 194 Å². The molecule has 0 radical (unpaired) electrons. The van der Waals surface area contributed by atoms with E-state index in [2.05, 4.69) is 269 Å². The molecule has 0 saturated heterocycles. The van der Waals surface area contributed by atoms with Crippen LogP contribution in [0.25, 0.3) is 66.2 Å². The van der Waals surface area contributed by atoms with Crippen LogP contribution in [0.4, 0.5) is 22.7 Å². The molecular formula is C66H61N5O. The quantitative estimate of drug-likeness (QED) is 0.160. The van der Waals surface area contributed by atoms with Gasteiger partial charge in [0.2, 0.25) is 0 Å². The topological polar surface area (TPSA) is 38.5 Å². The van der Waals surface area contributed by atoms with Crippen molar-refractivity contribution in [2.75, 3.05) is 16.5 Å². The van der Waals surface area contributed by atoms with Crippen molar-refractivity contribution in [3.63, 3.8) is 0 Å². The number of para-hydroxylation sites is 4. The number of benzene rings is 8. The van der Waals surface area contributed by atoms with E-state index in [-0.39, 0.29) is 16.2 Å². The van der Waals surface area contributed by atoms with Crippen LogP contribution in [0, 0.1) is 0 Å². The van der Waals surface area contributed by atoms with Crippen LogP contribution in [0.2, 0.25) is 0 Å². The van der Waals surface area contributed by atoms with Crippen molar-refractivity contribution in [2.45, 2.75) is 78.6 Å². The molecule has 3 aromatic heterocycles. The molecule has 0 spiro atoms. The summed E-state index contributed by atoms with van der Waals surface area (Å²) in [6.07, 6.45) is 1.93. The Labute approximate surface area is 423 Å². The van der Waals surface area contributed by atoms with Crippen molar-refractivity contribution >= 4 is 66.4 Å². The number of rotatable bonds is 7. The van der Waals surface area contributed by atoms with Gasteiger partial charge in [0.1, 0.15) is 24.0 Å². The van der Waals surface area contributed by atoms with Crippen LogP contribution < -0.4 is 14.5 Å². The summed E-state index contributed by atoms with van der Waals surface area (Å²) in [5, 5.41) is 4.85. The average Bonchev–Trinajstić information content (AvgIpc) is 4.04. The monoisotopic (exact) mass is 939 g/mol. The number of nitrogens with zero attached hydrogens (tertiary/aromatic N) is 5. The zero-order valence-electron chi connectivity index (χ0n) is 42.8. The summed E-state index contributed by atoms with van der Waals surface area (Å²) in [5.41, 5.74) is 16.3. The third kappa shape index (κ3) is 7.77. The summed E-state index contributed by atoms with van der Waals surface area (Å²) in [6.45, 7) is 21.3. The molecular weight excluding hydrogens is 879 g/mol. The first-order chi connectivity index (χ1) is 34.6. The van der Waals surface area contributed by atoms with Gasteiger partial charge in [0, 0.05) is 62.5 Å². The maximum Gasteiger partial charge on any atom is 0.137 e. The Kier molecular flexibility index (Phi) is 10.5. The van der Waals surface area contributed by atoms with Gasteiger partial charge < -0.3 is 19.1 Å². The normalized spacial score (nSPS) is 13.2. The van der Waals surface area contributed by atoms with Crippen LogP contribution in [0.5, 0.6) is 11.5 Å². The molecule has 356 valence electrons. The number of hydrogen-bond donors (Lipinski definition) is 0. The highest BCUT2D eigenvalue weighted by atomic mass is 16.5. The van der Waals surface area contributed by atoms with Crippen LogP contribution in [0.1, 0.15) is 79.0 Å². The first kappa shape index (κ1) is 45.1. The fourth-order valence-corrected chi connectivity index (χ4v) is 10.8. The molecule has 0 saturated carbocycles. The molecule has 0 aliphatic carbocycles. The van der Waals surface area contributed by atoms with Crippen LogP contribution in [0.3, 0.4) is 0 Å². The predicted molar refractivity (Wildman–Crippen MR) is 303 cm³/mol. The largest absolute Gasteiger partial charge is 0.457 e. The number of fused-ring (bicyclic) bond motifs is 7. The van der Waals surface area contributed by atoms with Gasteiger partial charge in [-0.25, -0.2) is 4.98 Å². The van der Waals surface area contributed by atoms with Gasteiger partial charge in [-0.05, 0) is 123 Å². The van der Waals surface area contributed by atoms with Crippen molar-refractivity contribution in [1.82, 2.24) is 14.1 Å². The second-order valence-electron chi connectivity index (χ2n) is 22.6. The Morgan fingerprint density at radius 3 is 1.62 bits per heavy atom. The van der Waals surface area contributed by atoms with E-state index in [9.17, 15) is 0 Å². The molecule has 0 N–H and O–H groups in total. The number of hydrogen-bond acceptors (Lipinski definition) is 4. The number of anilines is 4. The van der Waals surface area contributed by atoms with Crippen molar-refractivity contribution < 1.29 is 4.74 Å². The summed E-state index contributed by atoms with van der Waals surface area (Å²) in [7, 11) is 0. The smallest absolute Gasteiger partial charge is 0.137 e. The highest BCUT2D eigenvalue weighted by Crippen LogP contribution is 2.51. The lowest BCUT2D eigenvalue weighted by molar-refractivity contribution is 0.483. The maximum atomic E-state index is 6.88. The molecule has 0 amide bonds. The van der Waals surface area contributed by atoms with Gasteiger partial charge in [0.05, 0.1) is 33.4 Å². The molecule has 12 rings (SSSR count). The Morgan fingerprint density at radius 2 is 0.972 bits per heavy atom. The van der Waals surface area contributed by atoms with Gasteiger partial charge in [-0.2, -0.15) is 0 Å². The molecule has 1 aliphatic rings. The van der Waals surface area contributed by atoms with Gasteiger partial charge in [0.15, 0.2) is 0 Å². The lowest BCUT2D eigenvalue weighted by Gasteiger charge is -2.30. The zero-order valence-corrected chi connectivity index (χ0v) is 42.8. The number of ether oxygens (including phenoxy) is 1. The molecule has 11 aromatic rings. The van der Waals surface area contributed by atoms with Crippen molar-refractivity contribution in [3.8, 4) is 34.1 Å². The Hall–Kier alpha value is -8.09. The SMILES string of the molecule is CC(C)(C)c1cc(N2CN(c3cccc(Oc4ccc5c6ccccc6n(-c6cc(C(C)(C)C)ccn6)c5c4)c3)c3cccc(-c4cccc(-n5c6ccccc6c6ccccc65)c4)c32)cc(C(C)(C)C)c1. The third-order valence-electron chi connectivity index (χ3n) is 14.7. The van der Waals surface area contributed by atoms with E-state index in [1.807, 2.05) is 6.20 Å². The van der Waals surface area contributed by atoms with Crippen LogP contribution in [-0.2, 0) is 16.2 Å². The van der Waals surface area contributed by atoms with Gasteiger partial charge in [0.25, 0.3) is 0 Å². The van der Waals surface area contributed by atoms with E-state index in [0.717, 1.165) is 56.4 Å². The summed E-state index contributed by atoms with van der Waals surface area (Å²) in [4.78, 5) is 9.89. The van der Waals surface area contributed by atoms with Crippen molar-refractivity contribution in [2.24, 2.45) is 0 Å². The predicted octanol–water partition coefficient (Wildman–Crippen LogP) is 17.9. The number of aromatic nitrogens is 3. The summed E-state index contributed by atoms with van der Waals surface area (Å²) in [6, 6.07) is 68.5. The summed E-state index contributed by atoms with van der Waals surface area (Å²) in [5.74, 6) is 2.42. The Bertz CT molecular complexity index is 3820. The molecule has 0 bridgehead atoms. The molecule has 0 unspecified atom stereocenters. The standard InChI is InChI=1S/C66H61N5O/c1-64(2,3)44-33-34-67-62(39-44)71-59-29-15-12-25-55(59)56-32-31-51(41-61(56)71)72-50-22-17-20-47(40-50)68-42-69(49-37-45(65(4,5)6)36-46(38-49)66(7,8)9)63-52(26-18-30-60(63)68)43-19-16-21-48(35-43)70-57-27-13-10-23-53(57)54-24-11-14-28-58(54)70/h10-41H,42H2,1-9H3. The van der Waals surface area contributed by atoms with E-state index in [0.29, 0.717) is 6.67 Å².